The van der Waals surface area contributed by atoms with Crippen LogP contribution < -0.4 is 5.32 Å². The lowest BCUT2D eigenvalue weighted by Crippen LogP contribution is -2.50. The Bertz CT molecular complexity index is 263. The molecule has 0 bridgehead atoms. The molecule has 2 aliphatic rings. The van der Waals surface area contributed by atoms with Crippen LogP contribution in [0.3, 0.4) is 0 Å². The quantitative estimate of drug-likeness (QED) is 0.764. The number of carbonyl (C=O) groups excluding carboxylic acids is 1. The molecule has 2 rings (SSSR count). The monoisotopic (exact) mass is 239 g/mol. The molecule has 0 aromatic rings. The molecule has 2 aliphatic heterocycles. The smallest absolute Gasteiger partial charge is 0.227 e. The predicted molar refractivity (Wildman–Crippen MR) is 68.9 cm³/mol. The lowest BCUT2D eigenvalue weighted by molar-refractivity contribution is -0.137. The third-order valence-corrected chi connectivity index (χ3v) is 4.14. The zero-order valence-corrected chi connectivity index (χ0v) is 11.1. The van der Waals surface area contributed by atoms with Crippen molar-refractivity contribution in [2.24, 2.45) is 5.92 Å². The fourth-order valence-electron chi connectivity index (χ4n) is 2.99. The lowest BCUT2D eigenvalue weighted by atomic mass is 9.96. The van der Waals surface area contributed by atoms with Crippen LogP contribution >= 0.6 is 0 Å². The predicted octanol–water partition coefficient (Wildman–Crippen LogP) is 0.539. The van der Waals surface area contributed by atoms with Crippen molar-refractivity contribution in [1.82, 2.24) is 15.1 Å². The zero-order valence-electron chi connectivity index (χ0n) is 11.1. The number of hydrogen-bond donors (Lipinski definition) is 1. The first-order valence-electron chi connectivity index (χ1n) is 6.84. The molecule has 98 valence electrons. The van der Waals surface area contributed by atoms with E-state index in [-0.39, 0.29) is 5.92 Å². The second-order valence-corrected chi connectivity index (χ2v) is 5.55. The third kappa shape index (κ3) is 3.19. The fourth-order valence-corrected chi connectivity index (χ4v) is 2.99. The summed E-state index contributed by atoms with van der Waals surface area (Å²) in [5.41, 5.74) is 0. The Hall–Kier alpha value is -0.610. The van der Waals surface area contributed by atoms with Crippen LogP contribution in [0.5, 0.6) is 0 Å². The Morgan fingerprint density at radius 3 is 2.82 bits per heavy atom. The number of nitrogens with zero attached hydrogens (tertiary/aromatic N) is 2. The van der Waals surface area contributed by atoms with Crippen molar-refractivity contribution in [2.45, 2.75) is 31.7 Å². The Morgan fingerprint density at radius 1 is 1.35 bits per heavy atom. The molecule has 1 N–H and O–H groups in total. The summed E-state index contributed by atoms with van der Waals surface area (Å²) in [6, 6.07) is 0.420. The number of rotatable bonds is 2. The number of nitrogens with one attached hydrogen (secondary N) is 1. The molecule has 2 heterocycles. The van der Waals surface area contributed by atoms with Crippen molar-refractivity contribution in [2.75, 3.05) is 40.3 Å². The average molecular weight is 239 g/mol. The molecular formula is C13H25N3O. The van der Waals surface area contributed by atoms with Gasteiger partial charge >= 0.3 is 0 Å². The largest absolute Gasteiger partial charge is 0.341 e. The van der Waals surface area contributed by atoms with Crippen molar-refractivity contribution >= 4 is 5.91 Å². The Balaban J connectivity index is 1.89. The van der Waals surface area contributed by atoms with Gasteiger partial charge in [0.15, 0.2) is 0 Å². The maximum atomic E-state index is 12.4. The minimum atomic E-state index is 0.209. The van der Waals surface area contributed by atoms with Crippen LogP contribution in [0.4, 0.5) is 0 Å². The summed E-state index contributed by atoms with van der Waals surface area (Å²) in [5.74, 6) is 0.554. The van der Waals surface area contributed by atoms with Gasteiger partial charge in [0.2, 0.25) is 5.91 Å². The van der Waals surface area contributed by atoms with Crippen LogP contribution in [-0.4, -0.2) is 62.0 Å². The maximum Gasteiger partial charge on any atom is 0.227 e. The van der Waals surface area contributed by atoms with Gasteiger partial charge in [0.05, 0.1) is 5.92 Å². The highest BCUT2D eigenvalue weighted by molar-refractivity contribution is 5.79. The van der Waals surface area contributed by atoms with E-state index in [0.29, 0.717) is 11.9 Å². The van der Waals surface area contributed by atoms with Crippen LogP contribution in [0.2, 0.25) is 0 Å². The van der Waals surface area contributed by atoms with E-state index in [9.17, 15) is 4.79 Å². The van der Waals surface area contributed by atoms with Crippen molar-refractivity contribution in [1.29, 1.82) is 0 Å². The van der Waals surface area contributed by atoms with Gasteiger partial charge in [-0.3, -0.25) is 4.79 Å². The van der Waals surface area contributed by atoms with Gasteiger partial charge in [-0.25, -0.2) is 0 Å². The SMILES string of the molecule is CN1CCCC(N(C)C(=O)[C@H]2CCCNC2)C1. The summed E-state index contributed by atoms with van der Waals surface area (Å²) < 4.78 is 0. The van der Waals surface area contributed by atoms with E-state index in [0.717, 1.165) is 38.9 Å². The number of hydrogen-bond acceptors (Lipinski definition) is 3. The summed E-state index contributed by atoms with van der Waals surface area (Å²) in [4.78, 5) is 16.7. The average Bonchev–Trinajstić information content (AvgIpc) is 2.38. The molecule has 0 aliphatic carbocycles. The minimum Gasteiger partial charge on any atom is -0.341 e. The Morgan fingerprint density at radius 2 is 2.18 bits per heavy atom. The number of likely N-dealkylation sites (N-methyl/N-ethyl adjacent to an activating group) is 2. The van der Waals surface area contributed by atoms with Crippen molar-refractivity contribution in [3.63, 3.8) is 0 Å². The second-order valence-electron chi connectivity index (χ2n) is 5.55. The van der Waals surface area contributed by atoms with Crippen molar-refractivity contribution in [3.8, 4) is 0 Å². The van der Waals surface area contributed by atoms with Crippen LogP contribution in [0.25, 0.3) is 0 Å². The number of piperidine rings is 2. The molecule has 4 nitrogen and oxygen atoms in total. The molecule has 0 aromatic heterocycles. The fraction of sp³-hybridized carbons (Fsp3) is 0.923. The molecule has 4 heteroatoms. The van der Waals surface area contributed by atoms with Gasteiger partial charge in [-0.2, -0.15) is 0 Å². The first-order chi connectivity index (χ1) is 8.18. The van der Waals surface area contributed by atoms with E-state index in [1.54, 1.807) is 0 Å². The second kappa shape index (κ2) is 5.83. The van der Waals surface area contributed by atoms with E-state index in [1.165, 1.54) is 13.0 Å². The molecule has 2 fully saturated rings. The zero-order chi connectivity index (χ0) is 12.3. The molecular weight excluding hydrogens is 214 g/mol. The van der Waals surface area contributed by atoms with E-state index < -0.39 is 0 Å². The summed E-state index contributed by atoms with van der Waals surface area (Å²) in [6.07, 6.45) is 4.56. The van der Waals surface area contributed by atoms with Crippen LogP contribution in [-0.2, 0) is 4.79 Å². The molecule has 2 atom stereocenters. The van der Waals surface area contributed by atoms with Crippen LogP contribution in [0, 0.1) is 5.92 Å². The van der Waals surface area contributed by atoms with Gasteiger partial charge in [0.25, 0.3) is 0 Å². The van der Waals surface area contributed by atoms with Crippen molar-refractivity contribution < 1.29 is 4.79 Å². The molecule has 17 heavy (non-hydrogen) atoms. The number of amides is 1. The lowest BCUT2D eigenvalue weighted by Gasteiger charge is -2.38. The van der Waals surface area contributed by atoms with Gasteiger partial charge in [-0.05, 0) is 45.8 Å². The van der Waals surface area contributed by atoms with Crippen LogP contribution in [0.1, 0.15) is 25.7 Å². The number of carbonyl (C=O) groups is 1. The normalized spacial score (nSPS) is 31.2. The molecule has 1 amide bonds. The first-order valence-corrected chi connectivity index (χ1v) is 6.84. The molecule has 2 saturated heterocycles. The van der Waals surface area contributed by atoms with Gasteiger partial charge in [-0.1, -0.05) is 0 Å². The molecule has 0 aromatic carbocycles. The standard InChI is InChI=1S/C13H25N3O/c1-15-8-4-6-12(10-15)16(2)13(17)11-5-3-7-14-9-11/h11-12,14H,3-10H2,1-2H3/t11-,12?/m0/s1. The summed E-state index contributed by atoms with van der Waals surface area (Å²) in [5, 5.41) is 3.32. The van der Waals surface area contributed by atoms with E-state index in [4.69, 9.17) is 0 Å². The summed E-state index contributed by atoms with van der Waals surface area (Å²) >= 11 is 0. The Kier molecular flexibility index (Phi) is 4.40. The third-order valence-electron chi connectivity index (χ3n) is 4.14. The van der Waals surface area contributed by atoms with Gasteiger partial charge < -0.3 is 15.1 Å². The highest BCUT2D eigenvalue weighted by Crippen LogP contribution is 2.18. The Labute approximate surface area is 104 Å². The van der Waals surface area contributed by atoms with E-state index in [2.05, 4.69) is 17.3 Å². The maximum absolute atomic E-state index is 12.4. The topological polar surface area (TPSA) is 35.6 Å². The molecule has 0 saturated carbocycles. The number of likely N-dealkylation sites (tertiary alicyclic amines) is 1. The minimum absolute atomic E-state index is 0.209. The first kappa shape index (κ1) is 12.8. The molecule has 0 spiro atoms. The molecule has 0 radical (unpaired) electrons. The van der Waals surface area contributed by atoms with Crippen LogP contribution in [0.15, 0.2) is 0 Å². The highest BCUT2D eigenvalue weighted by Gasteiger charge is 2.29. The van der Waals surface area contributed by atoms with E-state index >= 15 is 0 Å². The highest BCUT2D eigenvalue weighted by atomic mass is 16.2. The molecule has 1 unspecified atom stereocenters. The summed E-state index contributed by atoms with van der Waals surface area (Å²) in [7, 11) is 4.13. The van der Waals surface area contributed by atoms with Gasteiger partial charge in [-0.15, -0.1) is 0 Å². The summed E-state index contributed by atoms with van der Waals surface area (Å²) in [6.45, 7) is 4.14. The van der Waals surface area contributed by atoms with Gasteiger partial charge in [0, 0.05) is 26.2 Å². The van der Waals surface area contributed by atoms with E-state index in [1.807, 2.05) is 11.9 Å². The van der Waals surface area contributed by atoms with Gasteiger partial charge in [0.1, 0.15) is 0 Å². The van der Waals surface area contributed by atoms with Crippen molar-refractivity contribution in [3.05, 3.63) is 0 Å².